The zero-order chi connectivity index (χ0) is 30.8. The number of rotatable bonds is 3. The molecular formula is C38H54O5. The number of esters is 1. The normalized spacial score (nSPS) is 47.3. The molecule has 5 heteroatoms. The van der Waals surface area contributed by atoms with Gasteiger partial charge in [-0.25, -0.2) is 9.59 Å². The van der Waals surface area contributed by atoms with Crippen LogP contribution in [0.1, 0.15) is 133 Å². The SMILES string of the molecule is CC1(C)CC[C@]23CC[C@]4(C)[C@H](CC[C@@H]5[C@@]6(C)CC[C@@H](OC(=O)c7ccccc7C(=O)O)C(C)(C)[C@H]6CC[C@]54C)[C@@H]2[C@H]1OC3. The maximum absolute atomic E-state index is 13.4. The molecule has 10 atom stereocenters. The van der Waals surface area contributed by atoms with Crippen LogP contribution in [0.4, 0.5) is 0 Å². The first-order valence-electron chi connectivity index (χ1n) is 17.3. The largest absolute Gasteiger partial charge is 0.478 e. The highest BCUT2D eigenvalue weighted by Crippen LogP contribution is 2.78. The van der Waals surface area contributed by atoms with Crippen LogP contribution in [0.25, 0.3) is 0 Å². The molecule has 6 aliphatic rings. The van der Waals surface area contributed by atoms with Crippen molar-refractivity contribution in [3.8, 4) is 0 Å². The second kappa shape index (κ2) is 9.33. The van der Waals surface area contributed by atoms with Gasteiger partial charge in [0.1, 0.15) is 6.10 Å². The molecule has 43 heavy (non-hydrogen) atoms. The quantitative estimate of drug-likeness (QED) is 0.356. The fourth-order valence-corrected chi connectivity index (χ4v) is 13.2. The van der Waals surface area contributed by atoms with Crippen LogP contribution >= 0.6 is 0 Å². The highest BCUT2D eigenvalue weighted by atomic mass is 16.5. The summed E-state index contributed by atoms with van der Waals surface area (Å²) in [5.74, 6) is 0.976. The minimum Gasteiger partial charge on any atom is -0.478 e. The number of hydrogen-bond donors (Lipinski definition) is 1. The third-order valence-corrected chi connectivity index (χ3v) is 15.7. The number of hydrogen-bond acceptors (Lipinski definition) is 4. The molecule has 0 radical (unpaired) electrons. The van der Waals surface area contributed by atoms with Crippen molar-refractivity contribution in [2.45, 2.75) is 125 Å². The monoisotopic (exact) mass is 590 g/mol. The van der Waals surface area contributed by atoms with Crippen LogP contribution in [0.2, 0.25) is 0 Å². The Hall–Kier alpha value is -1.88. The predicted octanol–water partition coefficient (Wildman–Crippen LogP) is 8.80. The van der Waals surface area contributed by atoms with Crippen LogP contribution < -0.4 is 0 Å². The highest BCUT2D eigenvalue weighted by molar-refractivity contribution is 6.02. The summed E-state index contributed by atoms with van der Waals surface area (Å²) in [5, 5.41) is 9.66. The maximum atomic E-state index is 13.4. The van der Waals surface area contributed by atoms with Crippen molar-refractivity contribution in [1.82, 2.24) is 0 Å². The molecular weight excluding hydrogens is 536 g/mol. The van der Waals surface area contributed by atoms with Gasteiger partial charge in [0, 0.05) is 5.41 Å². The minimum absolute atomic E-state index is 0.0128. The molecule has 1 heterocycles. The summed E-state index contributed by atoms with van der Waals surface area (Å²) in [6, 6.07) is 6.43. The van der Waals surface area contributed by atoms with Gasteiger partial charge in [-0.3, -0.25) is 0 Å². The fraction of sp³-hybridized carbons (Fsp3) is 0.789. The molecule has 7 rings (SSSR count). The number of ether oxygens (including phenoxy) is 2. The second-order valence-electron chi connectivity index (χ2n) is 17.9. The number of benzene rings is 1. The Bertz CT molecular complexity index is 1330. The first-order chi connectivity index (χ1) is 20.1. The molecule has 1 aliphatic heterocycles. The van der Waals surface area contributed by atoms with E-state index in [2.05, 4.69) is 48.5 Å². The van der Waals surface area contributed by atoms with Crippen molar-refractivity contribution in [2.75, 3.05) is 6.61 Å². The van der Waals surface area contributed by atoms with Crippen molar-refractivity contribution in [3.05, 3.63) is 35.4 Å². The topological polar surface area (TPSA) is 72.8 Å². The summed E-state index contributed by atoms with van der Waals surface area (Å²) in [6.07, 6.45) is 12.4. The Balaban J connectivity index is 1.16. The zero-order valence-electron chi connectivity index (χ0n) is 27.6. The Kier molecular flexibility index (Phi) is 6.47. The Morgan fingerprint density at radius 1 is 0.791 bits per heavy atom. The maximum Gasteiger partial charge on any atom is 0.339 e. The van der Waals surface area contributed by atoms with Gasteiger partial charge in [0.25, 0.3) is 0 Å². The molecule has 5 saturated carbocycles. The van der Waals surface area contributed by atoms with Crippen LogP contribution in [0.5, 0.6) is 0 Å². The van der Waals surface area contributed by atoms with Gasteiger partial charge < -0.3 is 14.6 Å². The molecule has 5 aliphatic carbocycles. The number of fused-ring (bicyclic) bond motifs is 5. The van der Waals surface area contributed by atoms with Gasteiger partial charge in [0.2, 0.25) is 0 Å². The molecule has 0 aromatic heterocycles. The van der Waals surface area contributed by atoms with Crippen molar-refractivity contribution >= 4 is 11.9 Å². The molecule has 2 bridgehead atoms. The van der Waals surface area contributed by atoms with Crippen LogP contribution in [0.3, 0.4) is 0 Å². The first-order valence-corrected chi connectivity index (χ1v) is 17.3. The lowest BCUT2D eigenvalue weighted by Crippen LogP contribution is -2.68. The summed E-state index contributed by atoms with van der Waals surface area (Å²) in [6.45, 7) is 18.5. The molecule has 5 nitrogen and oxygen atoms in total. The van der Waals surface area contributed by atoms with Crippen molar-refractivity contribution < 1.29 is 24.2 Å². The lowest BCUT2D eigenvalue weighted by Gasteiger charge is -2.73. The van der Waals surface area contributed by atoms with Gasteiger partial charge in [0.05, 0.1) is 23.8 Å². The van der Waals surface area contributed by atoms with E-state index in [9.17, 15) is 14.7 Å². The number of carboxylic acids is 1. The summed E-state index contributed by atoms with van der Waals surface area (Å²) in [4.78, 5) is 25.2. The van der Waals surface area contributed by atoms with E-state index in [1.807, 2.05) is 0 Å². The second-order valence-corrected chi connectivity index (χ2v) is 17.9. The van der Waals surface area contributed by atoms with Crippen LogP contribution in [-0.4, -0.2) is 35.9 Å². The van der Waals surface area contributed by atoms with E-state index in [4.69, 9.17) is 9.47 Å². The molecule has 1 saturated heterocycles. The van der Waals surface area contributed by atoms with Gasteiger partial charge in [-0.15, -0.1) is 0 Å². The highest BCUT2D eigenvalue weighted by Gasteiger charge is 2.73. The van der Waals surface area contributed by atoms with Gasteiger partial charge in [-0.05, 0) is 127 Å². The minimum atomic E-state index is -1.09. The molecule has 1 aromatic carbocycles. The van der Waals surface area contributed by atoms with E-state index >= 15 is 0 Å². The standard InChI is InChI=1S/C38H54O5/c1-33(2)18-20-38-21-19-36(6)25(29(38)30(33)42-22-38)12-13-27-35(5)16-15-28(34(3,4)26(35)14-17-37(27,36)7)43-32(41)24-11-9-8-10-23(24)31(39)40/h8-11,25-30H,12-22H2,1-7H3,(H,39,40)/t25-,26-,27-,28-,29-,30-,35+,36-,37-,38-/m1/s1. The summed E-state index contributed by atoms with van der Waals surface area (Å²) >= 11 is 0. The first kappa shape index (κ1) is 29.8. The van der Waals surface area contributed by atoms with E-state index in [1.54, 1.807) is 18.2 Å². The van der Waals surface area contributed by atoms with Gasteiger partial charge >= 0.3 is 11.9 Å². The lowest BCUT2D eigenvalue weighted by atomic mass is 9.31. The predicted molar refractivity (Wildman–Crippen MR) is 167 cm³/mol. The zero-order valence-corrected chi connectivity index (χ0v) is 27.6. The van der Waals surface area contributed by atoms with E-state index in [0.717, 1.165) is 25.4 Å². The lowest BCUT2D eigenvalue weighted by molar-refractivity contribution is -0.252. The molecule has 1 N–H and O–H groups in total. The van der Waals surface area contributed by atoms with Gasteiger partial charge in [-0.2, -0.15) is 0 Å². The van der Waals surface area contributed by atoms with E-state index in [0.29, 0.717) is 40.1 Å². The van der Waals surface area contributed by atoms with Crippen LogP contribution in [0, 0.1) is 56.2 Å². The van der Waals surface area contributed by atoms with E-state index in [-0.39, 0.29) is 33.5 Å². The third-order valence-electron chi connectivity index (χ3n) is 15.7. The average molecular weight is 591 g/mol. The summed E-state index contributed by atoms with van der Waals surface area (Å²) < 4.78 is 13.0. The summed E-state index contributed by atoms with van der Waals surface area (Å²) in [5.41, 5.74) is 1.49. The molecule has 236 valence electrons. The molecule has 0 unspecified atom stereocenters. The van der Waals surface area contributed by atoms with Gasteiger partial charge in [0.15, 0.2) is 0 Å². The van der Waals surface area contributed by atoms with E-state index < -0.39 is 11.9 Å². The third kappa shape index (κ3) is 3.85. The number of carboxylic acid groups (broad SMARTS) is 1. The molecule has 6 fully saturated rings. The van der Waals surface area contributed by atoms with Gasteiger partial charge in [-0.1, -0.05) is 60.6 Å². The Morgan fingerprint density at radius 2 is 1.49 bits per heavy atom. The van der Waals surface area contributed by atoms with Crippen molar-refractivity contribution in [1.29, 1.82) is 0 Å². The molecule has 0 amide bonds. The van der Waals surface area contributed by atoms with Crippen LogP contribution in [0.15, 0.2) is 24.3 Å². The van der Waals surface area contributed by atoms with E-state index in [1.165, 1.54) is 57.4 Å². The molecule has 1 aromatic rings. The average Bonchev–Trinajstić information content (AvgIpc) is 3.29. The number of carbonyl (C=O) groups is 2. The number of carbonyl (C=O) groups excluding carboxylic acids is 1. The Labute approximate surface area is 258 Å². The smallest absolute Gasteiger partial charge is 0.339 e. The fourth-order valence-electron chi connectivity index (χ4n) is 13.2. The summed E-state index contributed by atoms with van der Waals surface area (Å²) in [7, 11) is 0. The Morgan fingerprint density at radius 3 is 2.21 bits per heavy atom. The molecule has 0 spiro atoms. The van der Waals surface area contributed by atoms with Crippen molar-refractivity contribution in [2.24, 2.45) is 56.2 Å². The van der Waals surface area contributed by atoms with Crippen LogP contribution in [-0.2, 0) is 9.47 Å². The number of aromatic carboxylic acids is 1. The van der Waals surface area contributed by atoms with Crippen molar-refractivity contribution in [3.63, 3.8) is 0 Å².